The van der Waals surface area contributed by atoms with Crippen molar-refractivity contribution >= 4 is 22.6 Å². The Morgan fingerprint density at radius 3 is 2.62 bits per heavy atom. The molecule has 2 aliphatic carbocycles. The van der Waals surface area contributed by atoms with E-state index in [4.69, 9.17) is 4.98 Å². The summed E-state index contributed by atoms with van der Waals surface area (Å²) in [4.78, 5) is 9.70. The first-order valence-corrected chi connectivity index (χ1v) is 16.1. The molecule has 2 aliphatic heterocycles. The number of aromatic nitrogens is 1. The summed E-state index contributed by atoms with van der Waals surface area (Å²) in [6.07, 6.45) is 27.8. The van der Waals surface area contributed by atoms with E-state index in [0.717, 1.165) is 47.5 Å². The van der Waals surface area contributed by atoms with Crippen LogP contribution in [-0.4, -0.2) is 17.6 Å². The minimum absolute atomic E-state index is 0.271. The van der Waals surface area contributed by atoms with Crippen LogP contribution in [0.3, 0.4) is 0 Å². The Morgan fingerprint density at radius 2 is 1.67 bits per heavy atom. The molecular weight excluding hydrogens is 546 g/mol. The van der Waals surface area contributed by atoms with Crippen LogP contribution in [0.15, 0.2) is 158 Å². The lowest BCUT2D eigenvalue weighted by molar-refractivity contribution is 0.565. The van der Waals surface area contributed by atoms with Gasteiger partial charge in [-0.15, -0.1) is 0 Å². The number of para-hydroxylation sites is 2. The highest BCUT2D eigenvalue weighted by Gasteiger charge is 2.39. The van der Waals surface area contributed by atoms with Gasteiger partial charge in [-0.3, -0.25) is 4.98 Å². The molecule has 0 saturated carbocycles. The SMILES string of the molecule is C=C1/C=C\C=C/CN(c2cccc(-c3cncc(C4C=C(N5c6ccccc6C6CCC=CC65)C=CC4)c3)c2)c2ccccc21. The molecule has 3 unspecified atom stereocenters. The van der Waals surface area contributed by atoms with E-state index in [1.807, 2.05) is 12.4 Å². The second-order valence-electron chi connectivity index (χ2n) is 12.4. The van der Waals surface area contributed by atoms with Gasteiger partial charge in [0.1, 0.15) is 0 Å². The maximum absolute atomic E-state index is 4.77. The minimum atomic E-state index is 0.271. The summed E-state index contributed by atoms with van der Waals surface area (Å²) in [7, 11) is 0. The third-order valence-corrected chi connectivity index (χ3v) is 9.66. The molecule has 3 nitrogen and oxygen atoms in total. The van der Waals surface area contributed by atoms with E-state index in [9.17, 15) is 0 Å². The Bertz CT molecular complexity index is 1920. The molecule has 220 valence electrons. The fraction of sp³-hybridized carbons (Fsp3) is 0.167. The number of nitrogens with zero attached hydrogens (tertiary/aromatic N) is 3. The van der Waals surface area contributed by atoms with Crippen LogP contribution in [0, 0.1) is 0 Å². The lowest BCUT2D eigenvalue weighted by Crippen LogP contribution is -2.33. The third kappa shape index (κ3) is 5.09. The first-order chi connectivity index (χ1) is 22.2. The highest BCUT2D eigenvalue weighted by atomic mass is 15.2. The van der Waals surface area contributed by atoms with Crippen LogP contribution >= 0.6 is 0 Å². The number of pyridine rings is 1. The van der Waals surface area contributed by atoms with E-state index in [0.29, 0.717) is 12.0 Å². The van der Waals surface area contributed by atoms with Crippen LogP contribution in [-0.2, 0) is 0 Å². The van der Waals surface area contributed by atoms with Gasteiger partial charge in [-0.1, -0.05) is 104 Å². The van der Waals surface area contributed by atoms with Gasteiger partial charge >= 0.3 is 0 Å². The van der Waals surface area contributed by atoms with E-state index >= 15 is 0 Å². The number of benzene rings is 3. The first-order valence-electron chi connectivity index (χ1n) is 16.1. The summed E-state index contributed by atoms with van der Waals surface area (Å²) in [6, 6.07) is 29.1. The zero-order chi connectivity index (χ0) is 30.2. The van der Waals surface area contributed by atoms with Crippen LogP contribution in [0.25, 0.3) is 16.7 Å². The van der Waals surface area contributed by atoms with E-state index in [1.165, 1.54) is 34.5 Å². The van der Waals surface area contributed by atoms with Crippen molar-refractivity contribution in [2.24, 2.45) is 0 Å². The maximum atomic E-state index is 4.77. The molecule has 0 fully saturated rings. The summed E-state index contributed by atoms with van der Waals surface area (Å²) in [6.45, 7) is 5.11. The zero-order valence-electron chi connectivity index (χ0n) is 25.5. The summed E-state index contributed by atoms with van der Waals surface area (Å²) in [5, 5.41) is 0. The molecule has 4 aliphatic rings. The molecule has 1 aromatic heterocycles. The minimum Gasteiger partial charge on any atom is -0.337 e. The van der Waals surface area contributed by atoms with Gasteiger partial charge in [-0.25, -0.2) is 0 Å². The lowest BCUT2D eigenvalue weighted by atomic mass is 9.86. The normalized spacial score (nSPS) is 23.2. The van der Waals surface area contributed by atoms with Crippen LogP contribution in [0.5, 0.6) is 0 Å². The Hall–Kier alpha value is -5.15. The summed E-state index contributed by atoms with van der Waals surface area (Å²) < 4.78 is 0. The van der Waals surface area contributed by atoms with Gasteiger partial charge in [-0.2, -0.15) is 0 Å². The van der Waals surface area contributed by atoms with Gasteiger partial charge in [0.15, 0.2) is 0 Å². The Balaban J connectivity index is 1.12. The van der Waals surface area contributed by atoms with Crippen molar-refractivity contribution in [2.45, 2.75) is 37.1 Å². The predicted molar refractivity (Wildman–Crippen MR) is 189 cm³/mol. The molecule has 3 heterocycles. The Kier molecular flexibility index (Phi) is 7.15. The topological polar surface area (TPSA) is 19.4 Å². The molecule has 0 bridgehead atoms. The molecule has 0 radical (unpaired) electrons. The molecular formula is C42H37N3. The molecule has 4 aromatic rings. The van der Waals surface area contributed by atoms with Crippen LogP contribution < -0.4 is 9.80 Å². The lowest BCUT2D eigenvalue weighted by Gasteiger charge is -2.33. The number of anilines is 3. The summed E-state index contributed by atoms with van der Waals surface area (Å²) in [5.41, 5.74) is 12.2. The molecule has 45 heavy (non-hydrogen) atoms. The molecule has 3 heteroatoms. The zero-order valence-corrected chi connectivity index (χ0v) is 25.5. The molecule has 0 spiro atoms. The Labute approximate surface area is 266 Å². The van der Waals surface area contributed by atoms with Crippen LogP contribution in [0.4, 0.5) is 17.1 Å². The van der Waals surface area contributed by atoms with Gasteiger partial charge < -0.3 is 9.80 Å². The number of hydrogen-bond donors (Lipinski definition) is 0. The van der Waals surface area contributed by atoms with E-state index in [2.05, 4.69) is 150 Å². The quantitative estimate of drug-likeness (QED) is 0.223. The standard InChI is InChI=1S/C42H37N3/c1-30-13-3-2-10-24-44(40-21-7-4-18-37(30)40)35-16-11-14-31(26-35)33-25-34(29-43-28-33)32-15-12-17-36(27-32)45-41-22-8-5-19-38(41)39-20-6-9-23-42(39)45/h2-5,7-14,16-19,21-23,25-29,32,39,42H,1,6,15,20,24H2/b10-2-,13-3-. The largest absolute Gasteiger partial charge is 0.337 e. The van der Waals surface area contributed by atoms with Crippen LogP contribution in [0.2, 0.25) is 0 Å². The van der Waals surface area contributed by atoms with E-state index < -0.39 is 0 Å². The smallest absolute Gasteiger partial charge is 0.0591 e. The fourth-order valence-corrected chi connectivity index (χ4v) is 7.47. The van der Waals surface area contributed by atoms with E-state index in [-0.39, 0.29) is 5.92 Å². The highest BCUT2D eigenvalue weighted by molar-refractivity contribution is 5.85. The van der Waals surface area contributed by atoms with Crippen molar-refractivity contribution in [3.05, 3.63) is 175 Å². The average Bonchev–Trinajstić information content (AvgIpc) is 3.47. The second-order valence-corrected chi connectivity index (χ2v) is 12.4. The molecule has 3 aromatic carbocycles. The third-order valence-electron chi connectivity index (χ3n) is 9.66. The van der Waals surface area contributed by atoms with Crippen molar-refractivity contribution in [3.63, 3.8) is 0 Å². The molecule has 8 rings (SSSR count). The fourth-order valence-electron chi connectivity index (χ4n) is 7.47. The number of fused-ring (bicyclic) bond motifs is 4. The van der Waals surface area contributed by atoms with Crippen molar-refractivity contribution in [1.82, 2.24) is 4.98 Å². The van der Waals surface area contributed by atoms with Gasteiger partial charge in [0.05, 0.1) is 6.04 Å². The Morgan fingerprint density at radius 1 is 0.778 bits per heavy atom. The van der Waals surface area contributed by atoms with Gasteiger partial charge in [0.2, 0.25) is 0 Å². The van der Waals surface area contributed by atoms with Crippen molar-refractivity contribution < 1.29 is 0 Å². The molecule has 3 atom stereocenters. The maximum Gasteiger partial charge on any atom is 0.0591 e. The second kappa shape index (κ2) is 11.7. The number of hydrogen-bond acceptors (Lipinski definition) is 3. The van der Waals surface area contributed by atoms with Crippen molar-refractivity contribution in [3.8, 4) is 11.1 Å². The molecule has 0 amide bonds. The van der Waals surface area contributed by atoms with Gasteiger partial charge in [0.25, 0.3) is 0 Å². The van der Waals surface area contributed by atoms with Gasteiger partial charge in [0, 0.05) is 64.7 Å². The first kappa shape index (κ1) is 27.4. The summed E-state index contributed by atoms with van der Waals surface area (Å²) >= 11 is 0. The van der Waals surface area contributed by atoms with Gasteiger partial charge in [-0.05, 0) is 77.9 Å². The number of rotatable bonds is 4. The van der Waals surface area contributed by atoms with Crippen LogP contribution in [0.1, 0.15) is 47.8 Å². The van der Waals surface area contributed by atoms with E-state index in [1.54, 1.807) is 0 Å². The monoisotopic (exact) mass is 583 g/mol. The molecule has 0 saturated heterocycles. The number of allylic oxidation sites excluding steroid dienone is 8. The van der Waals surface area contributed by atoms with Crippen molar-refractivity contribution in [1.29, 1.82) is 0 Å². The summed E-state index contributed by atoms with van der Waals surface area (Å²) in [5.74, 6) is 0.834. The predicted octanol–water partition coefficient (Wildman–Crippen LogP) is 10.3. The average molecular weight is 584 g/mol. The highest BCUT2D eigenvalue weighted by Crippen LogP contribution is 2.48. The molecule has 0 N–H and O–H groups in total. The van der Waals surface area contributed by atoms with Crippen molar-refractivity contribution in [2.75, 3.05) is 16.3 Å².